The molecular formula is C9H14N2O. The summed E-state index contributed by atoms with van der Waals surface area (Å²) < 4.78 is 0. The van der Waals surface area contributed by atoms with E-state index in [0.29, 0.717) is 0 Å². The highest BCUT2D eigenvalue weighted by Crippen LogP contribution is 2.16. The number of amides is 1. The first-order chi connectivity index (χ1) is 5.66. The lowest BCUT2D eigenvalue weighted by atomic mass is 10.2. The monoisotopic (exact) mass is 166 g/mol. The first kappa shape index (κ1) is 9.08. The van der Waals surface area contributed by atoms with Crippen LogP contribution in [0.5, 0.6) is 0 Å². The third kappa shape index (κ3) is 1.59. The number of nitrogens with two attached hydrogens (primary N) is 1. The number of hydrogen-bond donors (Lipinski definition) is 1. The van der Waals surface area contributed by atoms with Crippen LogP contribution in [0, 0.1) is 12.3 Å². The Morgan fingerprint density at radius 3 is 2.92 bits per heavy atom. The van der Waals surface area contributed by atoms with Gasteiger partial charge < -0.3 is 10.6 Å². The van der Waals surface area contributed by atoms with Gasteiger partial charge in [-0.25, -0.2) is 0 Å². The quantitative estimate of drug-likeness (QED) is 0.555. The Kier molecular flexibility index (Phi) is 2.72. The smallest absolute Gasteiger partial charge is 0.234 e. The van der Waals surface area contributed by atoms with E-state index in [1.165, 1.54) is 0 Å². The van der Waals surface area contributed by atoms with Crippen LogP contribution in [-0.2, 0) is 4.79 Å². The lowest BCUT2D eigenvalue weighted by Gasteiger charge is -2.22. The van der Waals surface area contributed by atoms with Gasteiger partial charge in [0.1, 0.15) is 0 Å². The minimum atomic E-state index is 0.0259. The molecule has 0 spiro atoms. The minimum Gasteiger partial charge on any atom is -0.338 e. The van der Waals surface area contributed by atoms with Crippen molar-refractivity contribution in [2.24, 2.45) is 5.73 Å². The molecule has 1 fully saturated rings. The predicted molar refractivity (Wildman–Crippen MR) is 47.2 cm³/mol. The molecule has 2 unspecified atom stereocenters. The van der Waals surface area contributed by atoms with E-state index >= 15 is 0 Å². The molecule has 2 N–H and O–H groups in total. The molecular weight excluding hydrogens is 152 g/mol. The van der Waals surface area contributed by atoms with Gasteiger partial charge in [0.05, 0.1) is 6.42 Å². The largest absolute Gasteiger partial charge is 0.338 e. The molecule has 1 heterocycles. The maximum atomic E-state index is 11.3. The number of rotatable bonds is 1. The second-order valence-electron chi connectivity index (χ2n) is 3.16. The van der Waals surface area contributed by atoms with Gasteiger partial charge in [-0.1, -0.05) is 5.92 Å². The highest BCUT2D eigenvalue weighted by atomic mass is 16.2. The zero-order chi connectivity index (χ0) is 9.14. The van der Waals surface area contributed by atoms with E-state index in [4.69, 9.17) is 12.2 Å². The van der Waals surface area contributed by atoms with Gasteiger partial charge in [0.25, 0.3) is 0 Å². The molecule has 1 amide bonds. The van der Waals surface area contributed by atoms with Crippen LogP contribution in [0.2, 0.25) is 0 Å². The van der Waals surface area contributed by atoms with E-state index in [-0.39, 0.29) is 24.4 Å². The molecule has 0 aromatic heterocycles. The third-order valence-corrected chi connectivity index (χ3v) is 2.39. The summed E-state index contributed by atoms with van der Waals surface area (Å²) in [5.41, 5.74) is 5.76. The van der Waals surface area contributed by atoms with E-state index in [1.54, 1.807) is 4.90 Å². The molecule has 66 valence electrons. The van der Waals surface area contributed by atoms with Gasteiger partial charge in [0.15, 0.2) is 0 Å². The standard InChI is InChI=1S/C9H14N2O/c1-3-4-9(12)11-6-5-8(10)7(11)2/h1,7-8H,4-6,10H2,2H3. The van der Waals surface area contributed by atoms with Gasteiger partial charge in [0, 0.05) is 18.6 Å². The van der Waals surface area contributed by atoms with Crippen molar-refractivity contribution in [3.05, 3.63) is 0 Å². The second kappa shape index (κ2) is 3.59. The van der Waals surface area contributed by atoms with E-state index in [9.17, 15) is 4.79 Å². The van der Waals surface area contributed by atoms with Crippen LogP contribution >= 0.6 is 0 Å². The van der Waals surface area contributed by atoms with Crippen LogP contribution in [0.3, 0.4) is 0 Å². The van der Waals surface area contributed by atoms with E-state index in [0.717, 1.165) is 13.0 Å². The van der Waals surface area contributed by atoms with Gasteiger partial charge in [0.2, 0.25) is 5.91 Å². The van der Waals surface area contributed by atoms with Crippen molar-refractivity contribution in [3.8, 4) is 12.3 Å². The second-order valence-corrected chi connectivity index (χ2v) is 3.16. The molecule has 3 heteroatoms. The van der Waals surface area contributed by atoms with Crippen molar-refractivity contribution < 1.29 is 4.79 Å². The molecule has 1 aliphatic rings. The van der Waals surface area contributed by atoms with E-state index in [2.05, 4.69) is 5.92 Å². The van der Waals surface area contributed by atoms with Crippen molar-refractivity contribution in [3.63, 3.8) is 0 Å². The third-order valence-electron chi connectivity index (χ3n) is 2.39. The van der Waals surface area contributed by atoms with Gasteiger partial charge in [-0.2, -0.15) is 0 Å². The summed E-state index contributed by atoms with van der Waals surface area (Å²) in [5, 5.41) is 0. The average Bonchev–Trinajstić information content (AvgIpc) is 2.34. The highest BCUT2D eigenvalue weighted by Gasteiger charge is 2.30. The Morgan fingerprint density at radius 2 is 2.50 bits per heavy atom. The molecule has 1 saturated heterocycles. The maximum Gasteiger partial charge on any atom is 0.234 e. The Bertz CT molecular complexity index is 219. The highest BCUT2D eigenvalue weighted by molar-refractivity contribution is 5.79. The first-order valence-corrected chi connectivity index (χ1v) is 4.15. The SMILES string of the molecule is C#CCC(=O)N1CCC(N)C1C. The number of carbonyl (C=O) groups excluding carboxylic acids is 1. The molecule has 0 aliphatic carbocycles. The van der Waals surface area contributed by atoms with Crippen LogP contribution < -0.4 is 5.73 Å². The molecule has 2 atom stereocenters. The summed E-state index contributed by atoms with van der Waals surface area (Å²) >= 11 is 0. The molecule has 0 aromatic rings. The number of nitrogens with zero attached hydrogens (tertiary/aromatic N) is 1. The molecule has 0 saturated carbocycles. The van der Waals surface area contributed by atoms with Crippen LogP contribution in [0.25, 0.3) is 0 Å². The van der Waals surface area contributed by atoms with Crippen LogP contribution in [0.15, 0.2) is 0 Å². The lowest BCUT2D eigenvalue weighted by molar-refractivity contribution is -0.130. The molecule has 0 radical (unpaired) electrons. The molecule has 3 nitrogen and oxygen atoms in total. The number of likely N-dealkylation sites (tertiary alicyclic amines) is 1. The number of carbonyl (C=O) groups is 1. The lowest BCUT2D eigenvalue weighted by Crippen LogP contribution is -2.40. The molecule has 0 bridgehead atoms. The summed E-state index contributed by atoms with van der Waals surface area (Å²) in [6, 6.07) is 0.262. The fourth-order valence-electron chi connectivity index (χ4n) is 1.50. The average molecular weight is 166 g/mol. The van der Waals surface area contributed by atoms with Gasteiger partial charge in [-0.05, 0) is 13.3 Å². The van der Waals surface area contributed by atoms with Gasteiger partial charge in [-0.3, -0.25) is 4.79 Å². The van der Waals surface area contributed by atoms with Gasteiger partial charge >= 0.3 is 0 Å². The van der Waals surface area contributed by atoms with Crippen molar-refractivity contribution in [2.45, 2.75) is 31.8 Å². The maximum absolute atomic E-state index is 11.3. The predicted octanol–water partition coefficient (Wildman–Crippen LogP) is -0.0422. The fourth-order valence-corrected chi connectivity index (χ4v) is 1.50. The van der Waals surface area contributed by atoms with Crippen LogP contribution in [-0.4, -0.2) is 29.4 Å². The summed E-state index contributed by atoms with van der Waals surface area (Å²) in [7, 11) is 0. The Balaban J connectivity index is 2.54. The molecule has 1 aliphatic heterocycles. The van der Waals surface area contributed by atoms with Crippen molar-refractivity contribution >= 4 is 5.91 Å². The summed E-state index contributed by atoms with van der Waals surface area (Å²) in [5.74, 6) is 2.37. The van der Waals surface area contributed by atoms with Crippen molar-refractivity contribution in [2.75, 3.05) is 6.54 Å². The van der Waals surface area contributed by atoms with Crippen LogP contribution in [0.4, 0.5) is 0 Å². The van der Waals surface area contributed by atoms with E-state index in [1.807, 2.05) is 6.92 Å². The van der Waals surface area contributed by atoms with Crippen molar-refractivity contribution in [1.82, 2.24) is 4.90 Å². The zero-order valence-electron chi connectivity index (χ0n) is 7.29. The summed E-state index contributed by atoms with van der Waals surface area (Å²) in [4.78, 5) is 13.1. The zero-order valence-corrected chi connectivity index (χ0v) is 7.29. The summed E-state index contributed by atoms with van der Waals surface area (Å²) in [6.07, 6.45) is 6.13. The number of hydrogen-bond acceptors (Lipinski definition) is 2. The molecule has 0 aromatic carbocycles. The topological polar surface area (TPSA) is 46.3 Å². The molecule has 1 rings (SSSR count). The Morgan fingerprint density at radius 1 is 1.83 bits per heavy atom. The van der Waals surface area contributed by atoms with Crippen LogP contribution in [0.1, 0.15) is 19.8 Å². The fraction of sp³-hybridized carbons (Fsp3) is 0.667. The summed E-state index contributed by atoms with van der Waals surface area (Å²) in [6.45, 7) is 2.72. The van der Waals surface area contributed by atoms with E-state index < -0.39 is 0 Å². The normalized spacial score (nSPS) is 28.6. The molecule has 12 heavy (non-hydrogen) atoms. The van der Waals surface area contributed by atoms with Crippen molar-refractivity contribution in [1.29, 1.82) is 0 Å². The van der Waals surface area contributed by atoms with Gasteiger partial charge in [-0.15, -0.1) is 6.42 Å². The first-order valence-electron chi connectivity index (χ1n) is 4.15. The minimum absolute atomic E-state index is 0.0259. The Hall–Kier alpha value is -1.01. The number of terminal acetylenes is 1. The Labute approximate surface area is 72.9 Å².